The molecule has 5 nitrogen and oxygen atoms in total. The van der Waals surface area contributed by atoms with Gasteiger partial charge in [0.2, 0.25) is 5.91 Å². The Labute approximate surface area is 170 Å². The molecule has 5 heteroatoms. The highest BCUT2D eigenvalue weighted by molar-refractivity contribution is 5.75. The van der Waals surface area contributed by atoms with E-state index in [2.05, 4.69) is 34.7 Å². The van der Waals surface area contributed by atoms with Crippen LogP contribution in [0.15, 0.2) is 77.6 Å². The molecule has 0 spiro atoms. The third-order valence-corrected chi connectivity index (χ3v) is 5.34. The Morgan fingerprint density at radius 1 is 0.966 bits per heavy atom. The molecule has 4 rings (SSSR count). The van der Waals surface area contributed by atoms with Crippen LogP contribution in [0.3, 0.4) is 0 Å². The lowest BCUT2D eigenvalue weighted by Gasteiger charge is -2.18. The molecular weight excluding hydrogens is 362 g/mol. The Bertz CT molecular complexity index is 972. The van der Waals surface area contributed by atoms with Gasteiger partial charge < -0.3 is 5.32 Å². The van der Waals surface area contributed by atoms with Crippen LogP contribution in [-0.4, -0.2) is 22.2 Å². The Balaban J connectivity index is 1.38. The first-order valence-corrected chi connectivity index (χ1v) is 10.2. The summed E-state index contributed by atoms with van der Waals surface area (Å²) in [5.74, 6) is 0.464. The minimum Gasteiger partial charge on any atom is -0.354 e. The normalized spacial score (nSPS) is 13.4. The lowest BCUT2D eigenvalue weighted by atomic mass is 9.88. The van der Waals surface area contributed by atoms with Crippen molar-refractivity contribution in [3.05, 3.63) is 100.0 Å². The summed E-state index contributed by atoms with van der Waals surface area (Å²) in [5, 5.41) is 7.31. The van der Waals surface area contributed by atoms with Gasteiger partial charge in [-0.25, -0.2) is 4.68 Å². The maximum Gasteiger partial charge on any atom is 0.267 e. The number of nitrogens with one attached hydrogen (secondary N) is 1. The Morgan fingerprint density at radius 3 is 2.17 bits per heavy atom. The second-order valence-electron chi connectivity index (χ2n) is 7.54. The van der Waals surface area contributed by atoms with E-state index in [0.717, 1.165) is 25.0 Å². The van der Waals surface area contributed by atoms with Crippen molar-refractivity contribution in [2.45, 2.75) is 37.6 Å². The molecule has 1 saturated carbocycles. The summed E-state index contributed by atoms with van der Waals surface area (Å²) >= 11 is 0. The average Bonchev–Trinajstić information content (AvgIpc) is 3.59. The fourth-order valence-corrected chi connectivity index (χ4v) is 3.62. The number of hydrogen-bond acceptors (Lipinski definition) is 3. The first-order valence-electron chi connectivity index (χ1n) is 10.2. The van der Waals surface area contributed by atoms with Gasteiger partial charge in [-0.2, -0.15) is 5.10 Å². The lowest BCUT2D eigenvalue weighted by Crippen LogP contribution is -2.34. The number of aromatic nitrogens is 2. The van der Waals surface area contributed by atoms with Gasteiger partial charge in [0.1, 0.15) is 6.54 Å². The second-order valence-corrected chi connectivity index (χ2v) is 7.54. The molecule has 0 unspecified atom stereocenters. The molecule has 3 aromatic rings. The van der Waals surface area contributed by atoms with Gasteiger partial charge in [0.25, 0.3) is 5.56 Å². The Morgan fingerprint density at radius 2 is 1.59 bits per heavy atom. The van der Waals surface area contributed by atoms with E-state index in [9.17, 15) is 9.59 Å². The van der Waals surface area contributed by atoms with Gasteiger partial charge in [-0.3, -0.25) is 9.59 Å². The van der Waals surface area contributed by atoms with E-state index in [0.29, 0.717) is 12.5 Å². The van der Waals surface area contributed by atoms with Crippen molar-refractivity contribution >= 4 is 5.91 Å². The van der Waals surface area contributed by atoms with Crippen molar-refractivity contribution in [2.75, 3.05) is 6.54 Å². The number of rotatable bonds is 8. The summed E-state index contributed by atoms with van der Waals surface area (Å²) in [6.07, 6.45) is 3.00. The van der Waals surface area contributed by atoms with Gasteiger partial charge in [-0.1, -0.05) is 60.7 Å². The highest BCUT2D eigenvalue weighted by Gasteiger charge is 2.25. The molecule has 1 fully saturated rings. The molecule has 29 heavy (non-hydrogen) atoms. The van der Waals surface area contributed by atoms with Crippen molar-refractivity contribution < 1.29 is 4.79 Å². The fourth-order valence-electron chi connectivity index (χ4n) is 3.62. The monoisotopic (exact) mass is 387 g/mol. The van der Waals surface area contributed by atoms with Crippen LogP contribution in [0.2, 0.25) is 0 Å². The number of benzene rings is 2. The lowest BCUT2D eigenvalue weighted by molar-refractivity contribution is -0.121. The minimum absolute atomic E-state index is 0.0409. The summed E-state index contributed by atoms with van der Waals surface area (Å²) in [6, 6.07) is 23.9. The molecule has 0 atom stereocenters. The predicted octanol–water partition coefficient (Wildman–Crippen LogP) is 3.46. The molecule has 0 aliphatic heterocycles. The second kappa shape index (κ2) is 8.86. The maximum absolute atomic E-state index is 12.4. The minimum atomic E-state index is -0.240. The zero-order valence-electron chi connectivity index (χ0n) is 16.3. The summed E-state index contributed by atoms with van der Waals surface area (Å²) in [7, 11) is 0. The quantitative estimate of drug-likeness (QED) is 0.644. The number of nitrogens with zero attached hydrogens (tertiary/aromatic N) is 2. The molecule has 148 valence electrons. The molecule has 0 saturated heterocycles. The molecule has 2 aromatic carbocycles. The first-order chi connectivity index (χ1) is 14.2. The molecule has 1 amide bonds. The zero-order valence-corrected chi connectivity index (χ0v) is 16.3. The summed E-state index contributed by atoms with van der Waals surface area (Å²) in [5.41, 5.74) is 3.12. The molecular formula is C24H25N3O2. The molecule has 0 radical (unpaired) electrons. The molecule has 1 aliphatic carbocycles. The van der Waals surface area contributed by atoms with Crippen LogP contribution < -0.4 is 10.9 Å². The average molecular weight is 387 g/mol. The van der Waals surface area contributed by atoms with Gasteiger partial charge in [0, 0.05) is 24.4 Å². The smallest absolute Gasteiger partial charge is 0.267 e. The van der Waals surface area contributed by atoms with Crippen molar-refractivity contribution in [1.29, 1.82) is 0 Å². The van der Waals surface area contributed by atoms with Crippen molar-refractivity contribution in [1.82, 2.24) is 15.1 Å². The van der Waals surface area contributed by atoms with E-state index >= 15 is 0 Å². The van der Waals surface area contributed by atoms with Crippen LogP contribution in [-0.2, 0) is 11.3 Å². The number of carbonyl (C=O) groups is 1. The predicted molar refractivity (Wildman–Crippen MR) is 113 cm³/mol. The van der Waals surface area contributed by atoms with Gasteiger partial charge in [-0.15, -0.1) is 0 Å². The largest absolute Gasteiger partial charge is 0.354 e. The third kappa shape index (κ3) is 4.99. The number of hydrogen-bond donors (Lipinski definition) is 1. The highest BCUT2D eigenvalue weighted by Crippen LogP contribution is 2.38. The molecule has 1 aliphatic rings. The van der Waals surface area contributed by atoms with Crippen LogP contribution in [0.5, 0.6) is 0 Å². The van der Waals surface area contributed by atoms with Crippen LogP contribution in [0.4, 0.5) is 0 Å². The zero-order chi connectivity index (χ0) is 20.1. The number of carbonyl (C=O) groups excluding carboxylic acids is 1. The molecule has 1 aromatic heterocycles. The van der Waals surface area contributed by atoms with E-state index in [1.165, 1.54) is 21.9 Å². The topological polar surface area (TPSA) is 64.0 Å². The van der Waals surface area contributed by atoms with Crippen molar-refractivity contribution in [2.24, 2.45) is 0 Å². The van der Waals surface area contributed by atoms with Gasteiger partial charge in [0.15, 0.2) is 0 Å². The Kier molecular flexibility index (Phi) is 5.84. The van der Waals surface area contributed by atoms with E-state index in [1.807, 2.05) is 36.4 Å². The molecule has 1 N–H and O–H groups in total. The molecule has 0 bridgehead atoms. The number of amides is 1. The van der Waals surface area contributed by atoms with Crippen LogP contribution >= 0.6 is 0 Å². The van der Waals surface area contributed by atoms with Crippen LogP contribution in [0.25, 0.3) is 0 Å². The van der Waals surface area contributed by atoms with Crippen molar-refractivity contribution in [3.8, 4) is 0 Å². The summed E-state index contributed by atoms with van der Waals surface area (Å²) < 4.78 is 1.27. The summed E-state index contributed by atoms with van der Waals surface area (Å²) in [4.78, 5) is 24.4. The van der Waals surface area contributed by atoms with Crippen LogP contribution in [0, 0.1) is 0 Å². The van der Waals surface area contributed by atoms with Gasteiger partial charge in [0.05, 0.1) is 5.69 Å². The Hall–Kier alpha value is -3.21. The fraction of sp³-hybridized carbons (Fsp3) is 0.292. The van der Waals surface area contributed by atoms with Gasteiger partial charge >= 0.3 is 0 Å². The standard InChI is InChI=1S/C24H25N3O2/c28-23(17-27-24(29)14-13-22(26-27)20-11-12-20)25-16-15-21(18-7-3-1-4-8-18)19-9-5-2-6-10-19/h1-10,13-14,20-21H,11-12,15-17H2,(H,25,28). The maximum atomic E-state index is 12.4. The summed E-state index contributed by atoms with van der Waals surface area (Å²) in [6.45, 7) is 0.491. The SMILES string of the molecule is O=C(Cn1nc(C2CC2)ccc1=O)NCCC(c1ccccc1)c1ccccc1. The van der Waals surface area contributed by atoms with E-state index in [-0.39, 0.29) is 23.9 Å². The first kappa shape index (κ1) is 19.1. The van der Waals surface area contributed by atoms with Gasteiger partial charge in [-0.05, 0) is 36.5 Å². The third-order valence-electron chi connectivity index (χ3n) is 5.34. The molecule has 1 heterocycles. The van der Waals surface area contributed by atoms with E-state index < -0.39 is 0 Å². The van der Waals surface area contributed by atoms with E-state index in [4.69, 9.17) is 0 Å². The van der Waals surface area contributed by atoms with E-state index in [1.54, 1.807) is 6.07 Å². The highest BCUT2D eigenvalue weighted by atomic mass is 16.2. The van der Waals surface area contributed by atoms with Crippen LogP contribution in [0.1, 0.15) is 47.9 Å². The van der Waals surface area contributed by atoms with Crippen molar-refractivity contribution in [3.63, 3.8) is 0 Å².